The summed E-state index contributed by atoms with van der Waals surface area (Å²) in [4.78, 5) is 27.6. The van der Waals surface area contributed by atoms with Crippen molar-refractivity contribution in [3.05, 3.63) is 46.5 Å². The van der Waals surface area contributed by atoms with Crippen molar-refractivity contribution in [2.75, 3.05) is 32.1 Å². The molecule has 0 radical (unpaired) electrons. The van der Waals surface area contributed by atoms with Gasteiger partial charge < -0.3 is 19.1 Å². The minimum Gasteiger partial charge on any atom is -0.495 e. The van der Waals surface area contributed by atoms with Crippen molar-refractivity contribution in [2.45, 2.75) is 57.9 Å². The first-order chi connectivity index (χ1) is 18.2. The molecule has 1 amide bonds. The van der Waals surface area contributed by atoms with E-state index in [1.165, 1.54) is 44.6 Å². The van der Waals surface area contributed by atoms with Gasteiger partial charge in [-0.25, -0.2) is 13.2 Å². The lowest BCUT2D eigenvalue weighted by Gasteiger charge is -2.39. The van der Waals surface area contributed by atoms with Crippen molar-refractivity contribution < 1.29 is 32.2 Å². The van der Waals surface area contributed by atoms with Crippen molar-refractivity contribution in [3.8, 4) is 11.5 Å². The van der Waals surface area contributed by atoms with Crippen LogP contribution in [0.1, 0.15) is 56.0 Å². The molecule has 4 rings (SSSR count). The average Bonchev–Trinajstić information content (AvgIpc) is 3.10. The molecule has 1 aliphatic carbocycles. The number of amides is 1. The fraction of sp³-hybridized carbons (Fsp3) is 0.500. The first-order valence-electron chi connectivity index (χ1n) is 12.7. The van der Waals surface area contributed by atoms with Crippen LogP contribution >= 0.6 is 11.6 Å². The van der Waals surface area contributed by atoms with E-state index < -0.39 is 22.6 Å². The summed E-state index contributed by atoms with van der Waals surface area (Å²) >= 11 is 6.18. The number of anilines is 1. The molecule has 1 aliphatic heterocycles. The van der Waals surface area contributed by atoms with Gasteiger partial charge in [-0.3, -0.25) is 9.52 Å². The highest BCUT2D eigenvalue weighted by Gasteiger charge is 2.51. The van der Waals surface area contributed by atoms with Gasteiger partial charge in [0.1, 0.15) is 11.5 Å². The maximum absolute atomic E-state index is 13.3. The van der Waals surface area contributed by atoms with Crippen LogP contribution in [0.25, 0.3) is 0 Å². The fourth-order valence-electron chi connectivity index (χ4n) is 6.20. The lowest BCUT2D eigenvalue weighted by atomic mass is 9.65. The second-order valence-corrected chi connectivity index (χ2v) is 13.6. The second kappa shape index (κ2) is 10.5. The van der Waals surface area contributed by atoms with E-state index in [4.69, 9.17) is 25.8 Å². The summed E-state index contributed by atoms with van der Waals surface area (Å²) in [5.74, 6) is -0.490. The van der Waals surface area contributed by atoms with Gasteiger partial charge in [-0.2, -0.15) is 0 Å². The molecule has 0 aromatic heterocycles. The number of aryl methyl sites for hydroxylation is 1. The molecule has 9 nitrogen and oxygen atoms in total. The molecule has 1 saturated carbocycles. The van der Waals surface area contributed by atoms with E-state index >= 15 is 0 Å². The van der Waals surface area contributed by atoms with Gasteiger partial charge in [0.2, 0.25) is 0 Å². The maximum Gasteiger partial charge on any atom is 0.338 e. The minimum atomic E-state index is -4.15. The van der Waals surface area contributed by atoms with Crippen LogP contribution in [0.3, 0.4) is 0 Å². The molecule has 2 aliphatic rings. The number of carbonyl (C=O) groups excluding carboxylic acids is 2. The number of nitrogens with zero attached hydrogens (tertiary/aromatic N) is 1. The van der Waals surface area contributed by atoms with Gasteiger partial charge in [0.25, 0.3) is 15.9 Å². The van der Waals surface area contributed by atoms with Gasteiger partial charge in [0, 0.05) is 18.7 Å². The third kappa shape index (κ3) is 6.11. The van der Waals surface area contributed by atoms with Crippen molar-refractivity contribution in [1.29, 1.82) is 0 Å². The van der Waals surface area contributed by atoms with Gasteiger partial charge in [0.15, 0.2) is 6.61 Å². The zero-order valence-corrected chi connectivity index (χ0v) is 24.7. The Kier molecular flexibility index (Phi) is 7.84. The molecule has 2 aromatic rings. The first kappa shape index (κ1) is 29.0. The Labute approximate surface area is 234 Å². The average molecular weight is 579 g/mol. The number of nitrogens with one attached hydrogen (secondary N) is 1. The standard InChI is InChI=1S/C28H35ClN2O7S/c1-17-7-8-18(9-24(17)39(34,35)30-21-10-20(29)22(36-5)11-23(21)37-6)26(33)38-14-25(32)31-16-28(4)13-19(31)12-27(2,3)15-28/h7-11,19,30H,12-16H2,1-6H3. The van der Waals surface area contributed by atoms with Crippen LogP contribution < -0.4 is 14.2 Å². The number of ether oxygens (including phenoxy) is 3. The predicted octanol–water partition coefficient (Wildman–Crippen LogP) is 5.05. The molecule has 0 spiro atoms. The molecule has 11 heteroatoms. The van der Waals surface area contributed by atoms with Crippen LogP contribution in [-0.2, 0) is 19.6 Å². The summed E-state index contributed by atoms with van der Waals surface area (Å²) in [7, 11) is -1.33. The second-order valence-electron chi connectivity index (χ2n) is 11.6. The Morgan fingerprint density at radius 3 is 2.44 bits per heavy atom. The highest BCUT2D eigenvalue weighted by Crippen LogP contribution is 2.52. The number of esters is 1. The molecule has 2 aromatic carbocycles. The predicted molar refractivity (Wildman–Crippen MR) is 148 cm³/mol. The number of fused-ring (bicyclic) bond motifs is 2. The molecule has 1 heterocycles. The molecular weight excluding hydrogens is 544 g/mol. The van der Waals surface area contributed by atoms with E-state index in [2.05, 4.69) is 25.5 Å². The van der Waals surface area contributed by atoms with E-state index in [-0.39, 0.29) is 49.7 Å². The monoisotopic (exact) mass is 578 g/mol. The van der Waals surface area contributed by atoms with E-state index in [0.717, 1.165) is 19.3 Å². The maximum atomic E-state index is 13.3. The topological polar surface area (TPSA) is 111 Å². The van der Waals surface area contributed by atoms with Gasteiger partial charge in [0.05, 0.1) is 35.4 Å². The van der Waals surface area contributed by atoms with Crippen LogP contribution in [0.15, 0.2) is 35.2 Å². The Hall–Kier alpha value is -2.98. The third-order valence-electron chi connectivity index (χ3n) is 7.49. The lowest BCUT2D eigenvalue weighted by molar-refractivity contribution is -0.135. The molecule has 2 unspecified atom stereocenters. The number of hydrogen-bond donors (Lipinski definition) is 1. The van der Waals surface area contributed by atoms with Crippen LogP contribution in [-0.4, -0.2) is 58.6 Å². The molecule has 212 valence electrons. The quantitative estimate of drug-likeness (QED) is 0.436. The molecule has 39 heavy (non-hydrogen) atoms. The number of rotatable bonds is 8. The third-order valence-corrected chi connectivity index (χ3v) is 9.30. The number of benzene rings is 2. The number of halogens is 1. The lowest BCUT2D eigenvalue weighted by Crippen LogP contribution is -2.39. The SMILES string of the molecule is COc1cc(OC)c(NS(=O)(=O)c2cc(C(=O)OCC(=O)N3CC4(C)CC3CC(C)(C)C4)ccc2C)cc1Cl. The smallest absolute Gasteiger partial charge is 0.338 e. The molecule has 2 fully saturated rings. The zero-order valence-electron chi connectivity index (χ0n) is 23.1. The van der Waals surface area contributed by atoms with Crippen molar-refractivity contribution >= 4 is 39.2 Å². The van der Waals surface area contributed by atoms with Crippen LogP contribution in [0.2, 0.25) is 5.02 Å². The molecule has 2 bridgehead atoms. The highest BCUT2D eigenvalue weighted by molar-refractivity contribution is 7.92. The fourth-order valence-corrected chi connectivity index (χ4v) is 7.78. The summed E-state index contributed by atoms with van der Waals surface area (Å²) in [6, 6.07) is 7.19. The van der Waals surface area contributed by atoms with Crippen molar-refractivity contribution in [2.24, 2.45) is 10.8 Å². The van der Waals surface area contributed by atoms with Gasteiger partial charge in [-0.05, 0) is 60.8 Å². The highest BCUT2D eigenvalue weighted by atomic mass is 35.5. The van der Waals surface area contributed by atoms with E-state index in [1.807, 2.05) is 4.90 Å². The van der Waals surface area contributed by atoms with Crippen molar-refractivity contribution in [1.82, 2.24) is 4.90 Å². The minimum absolute atomic E-state index is 0.0155. The Morgan fingerprint density at radius 1 is 1.08 bits per heavy atom. The summed E-state index contributed by atoms with van der Waals surface area (Å²) in [5, 5.41) is 0.189. The Bertz CT molecular complexity index is 1410. The van der Waals surface area contributed by atoms with Gasteiger partial charge in [-0.1, -0.05) is 38.4 Å². The normalized spacial score (nSPS) is 21.8. The molecular formula is C28H35ClN2O7S. The van der Waals surface area contributed by atoms with Gasteiger partial charge >= 0.3 is 5.97 Å². The summed E-state index contributed by atoms with van der Waals surface area (Å²) < 4.78 is 44.9. The number of carbonyl (C=O) groups is 2. The molecule has 1 saturated heterocycles. The summed E-state index contributed by atoms with van der Waals surface area (Å²) in [5.41, 5.74) is 0.753. The van der Waals surface area contributed by atoms with Crippen LogP contribution in [0, 0.1) is 17.8 Å². The van der Waals surface area contributed by atoms with Crippen LogP contribution in [0.5, 0.6) is 11.5 Å². The van der Waals surface area contributed by atoms with E-state index in [0.29, 0.717) is 17.9 Å². The number of likely N-dealkylation sites (tertiary alicyclic amines) is 1. The Balaban J connectivity index is 1.48. The van der Waals surface area contributed by atoms with Gasteiger partial charge in [-0.15, -0.1) is 0 Å². The first-order valence-corrected chi connectivity index (χ1v) is 14.5. The number of sulfonamides is 1. The zero-order chi connectivity index (χ0) is 28.8. The van der Waals surface area contributed by atoms with Crippen LogP contribution in [0.4, 0.5) is 5.69 Å². The van der Waals surface area contributed by atoms with E-state index in [9.17, 15) is 18.0 Å². The number of hydrogen-bond acceptors (Lipinski definition) is 7. The molecule has 1 N–H and O–H groups in total. The number of methoxy groups -OCH3 is 2. The van der Waals surface area contributed by atoms with Crippen molar-refractivity contribution in [3.63, 3.8) is 0 Å². The summed E-state index contributed by atoms with van der Waals surface area (Å²) in [6.07, 6.45) is 2.91. The molecule has 2 atom stereocenters. The van der Waals surface area contributed by atoms with E-state index in [1.54, 1.807) is 6.92 Å². The largest absolute Gasteiger partial charge is 0.495 e. The Morgan fingerprint density at radius 2 is 1.77 bits per heavy atom. The summed E-state index contributed by atoms with van der Waals surface area (Å²) in [6.45, 7) is 8.51.